The van der Waals surface area contributed by atoms with Gasteiger partial charge in [-0.3, -0.25) is 0 Å². The number of hydrogen-bond donors (Lipinski definition) is 0. The van der Waals surface area contributed by atoms with Crippen LogP contribution in [0.1, 0.15) is 0 Å². The average Bonchev–Trinajstić information content (AvgIpc) is 0. The minimum absolute atomic E-state index is 0. The molecule has 0 aromatic heterocycles. The van der Waals surface area contributed by atoms with Crippen molar-refractivity contribution in [2.75, 3.05) is 0 Å². The molecule has 1 radical (unpaired) electrons. The van der Waals surface area contributed by atoms with Crippen LogP contribution >= 0.6 is 0 Å². The second-order valence-corrected chi connectivity index (χ2v) is 0. The quantitative estimate of drug-likeness (QED) is 0.210. The Morgan fingerprint density at radius 2 is 0.116 bits per heavy atom. The van der Waals surface area contributed by atoms with Crippen molar-refractivity contribution in [2.45, 2.75) is 0 Å². The van der Waals surface area contributed by atoms with E-state index < -0.39 is 0 Å². The first-order valence-corrected chi connectivity index (χ1v) is 0. The normalized spacial score (nSPS) is 0. The molecule has 0 heterocycles. The van der Waals surface area contributed by atoms with Crippen LogP contribution in [0.2, 0.25) is 0 Å². The van der Waals surface area contributed by atoms with Crippen molar-refractivity contribution in [2.24, 2.45) is 0 Å². The summed E-state index contributed by atoms with van der Waals surface area (Å²) in [4.78, 5) is 0. The Morgan fingerprint density at radius 1 is 0.116 bits per heavy atom. The van der Waals surface area contributed by atoms with Crippen LogP contribution in [-0.2, 0) is 239 Å². The van der Waals surface area contributed by atoms with Gasteiger partial charge >= 0.3 is 174 Å². The van der Waals surface area contributed by atoms with Crippen LogP contribution in [-0.4, -0.2) is 65.7 Å². The fourth-order valence-corrected chi connectivity index (χ4v) is 0. The summed E-state index contributed by atoms with van der Waals surface area (Å²) in [7, 11) is 0. The predicted octanol–water partition coefficient (Wildman–Crippen LogP) is -0.918. The van der Waals surface area contributed by atoms with Crippen LogP contribution in [0, 0.1) is 149 Å². The molecular weight excluding hydrogens is 959 g/mol. The van der Waals surface area contributed by atoms with Crippen LogP contribution in [0.3, 0.4) is 0 Å². The summed E-state index contributed by atoms with van der Waals surface area (Å²) >= 11 is 0. The number of hydrogen-bond acceptors (Lipinski definition) is 0. The van der Waals surface area contributed by atoms with Gasteiger partial charge in [0.15, 0.2) is 0 Å². The molecule has 0 fully saturated rings. The summed E-state index contributed by atoms with van der Waals surface area (Å²) in [6.07, 6.45) is 0. The molecule has 0 spiro atoms. The van der Waals surface area contributed by atoms with Gasteiger partial charge in [0.25, 0.3) is 0 Å². The van der Waals surface area contributed by atoms with Crippen molar-refractivity contribution in [1.82, 2.24) is 0 Å². The van der Waals surface area contributed by atoms with Crippen molar-refractivity contribution >= 4 is 0 Å². The zero-order valence-corrected chi connectivity index (χ0v) is 48.7. The summed E-state index contributed by atoms with van der Waals surface area (Å²) in [6, 6.07) is 0. The second kappa shape index (κ2) is 2120. The van der Waals surface area contributed by atoms with Gasteiger partial charge in [-0.1, -0.05) is 0 Å². The minimum Gasteiger partial charge on any atom is -0.412 e. The van der Waals surface area contributed by atoms with Crippen LogP contribution < -0.4 is 0 Å². The molecule has 283 valence electrons. The third kappa shape index (κ3) is 2040. The van der Waals surface area contributed by atoms with E-state index in [1.165, 1.54) is 0 Å². The van der Waals surface area contributed by atoms with Crippen LogP contribution in [0.15, 0.2) is 0 Å². The SMILES string of the molecule is O.O.O.O.O.O.O.O.O.O.O.O.[CH3-].[CH3-].[CH3-].[CH3-].[CH3-].[CH3-].[CH3-].[CH3-].[CH3-].[CH3-].[CH3-].[CH3-].[CH3-].[CH3-].[CH3-].[CH3-].[CH3-].[CH3-].[CH3-].[CH3-].[Ti+2].[Ti+2].[Ti+2].[Ti+2].[Ti+2].[Ti+2].[Ti+2].[Ti+3].[Ti].[Ti].[Ti]. The maximum atomic E-state index is 0. The zero-order valence-electron chi connectivity index (χ0n) is 31.5. The summed E-state index contributed by atoms with van der Waals surface area (Å²) in [5.41, 5.74) is 0. The third-order valence-electron chi connectivity index (χ3n) is 0. The van der Waals surface area contributed by atoms with Gasteiger partial charge in [-0.05, 0) is 0 Å². The van der Waals surface area contributed by atoms with Gasteiger partial charge < -0.3 is 214 Å². The molecule has 0 aromatic carbocycles. The number of rotatable bonds is 0. The van der Waals surface area contributed by atoms with E-state index in [-0.39, 0.29) is 453 Å². The molecule has 0 aliphatic heterocycles. The van der Waals surface area contributed by atoms with Gasteiger partial charge in [0, 0.05) is 65.2 Å². The van der Waals surface area contributed by atoms with Crippen LogP contribution in [0.5, 0.6) is 0 Å². The molecule has 0 saturated heterocycles. The third-order valence-corrected chi connectivity index (χ3v) is 0. The maximum Gasteiger partial charge on any atom is 3.00 e. The molecule has 43 heavy (non-hydrogen) atoms. The molecule has 12 nitrogen and oxygen atoms in total. The Hall–Kier alpha value is 7.38. The maximum absolute atomic E-state index is 0. The summed E-state index contributed by atoms with van der Waals surface area (Å²) in [5, 5.41) is 0. The van der Waals surface area contributed by atoms with Gasteiger partial charge in [0.05, 0.1) is 0 Å². The molecule has 0 aliphatic rings. The van der Waals surface area contributed by atoms with Gasteiger partial charge in [-0.15, -0.1) is 0 Å². The Kier molecular flexibility index (Phi) is 111000. The topological polar surface area (TPSA) is 378 Å². The summed E-state index contributed by atoms with van der Waals surface area (Å²) < 4.78 is 0. The molecule has 23 heteroatoms. The molecule has 0 saturated carbocycles. The van der Waals surface area contributed by atoms with Crippen LogP contribution in [0.25, 0.3) is 0 Å². The van der Waals surface area contributed by atoms with Gasteiger partial charge in [-0.25, -0.2) is 0 Å². The molecule has 0 atom stereocenters. The van der Waals surface area contributed by atoms with E-state index in [9.17, 15) is 0 Å². The second-order valence-electron chi connectivity index (χ2n) is 0. The fraction of sp³-hybridized carbons (Fsp3) is 0. The fourth-order valence-electron chi connectivity index (χ4n) is 0. The molecule has 0 amide bonds. The molecule has 0 rings (SSSR count). The van der Waals surface area contributed by atoms with Crippen LogP contribution in [0.4, 0.5) is 0 Å². The summed E-state index contributed by atoms with van der Waals surface area (Å²) in [5.74, 6) is 0. The first-order valence-electron chi connectivity index (χ1n) is 0. The van der Waals surface area contributed by atoms with E-state index in [1.807, 2.05) is 0 Å². The molecule has 0 aliphatic carbocycles. The Morgan fingerprint density at radius 3 is 0.116 bits per heavy atom. The van der Waals surface area contributed by atoms with Crippen molar-refractivity contribution in [3.8, 4) is 0 Å². The summed E-state index contributed by atoms with van der Waals surface area (Å²) in [6.45, 7) is 0. The average molecular weight is 1040 g/mol. The molecule has 0 bridgehead atoms. The zero-order chi connectivity index (χ0) is 0. The Bertz CT molecular complexity index is 65.8. The molecule has 0 unspecified atom stereocenters. The Labute approximate surface area is 446 Å². The molecular formula is C20H84O12Ti11-3. The van der Waals surface area contributed by atoms with E-state index in [4.69, 9.17) is 0 Å². The van der Waals surface area contributed by atoms with Crippen molar-refractivity contribution in [3.63, 3.8) is 0 Å². The first-order chi connectivity index (χ1) is 0. The Balaban J connectivity index is 0. The minimum atomic E-state index is 0. The van der Waals surface area contributed by atoms with Gasteiger partial charge in [-0.2, -0.15) is 0 Å². The molecule has 0 aromatic rings. The van der Waals surface area contributed by atoms with E-state index in [1.54, 1.807) is 0 Å². The molecule has 24 N–H and O–H groups in total. The smallest absolute Gasteiger partial charge is 0.412 e. The van der Waals surface area contributed by atoms with E-state index >= 15 is 0 Å². The van der Waals surface area contributed by atoms with E-state index in [2.05, 4.69) is 0 Å². The van der Waals surface area contributed by atoms with Gasteiger partial charge in [0.2, 0.25) is 0 Å². The van der Waals surface area contributed by atoms with Crippen molar-refractivity contribution < 1.29 is 305 Å². The standard InChI is InChI=1S/20CH3.12H2O.11Ti/h20*1H3;12*1H2;;;;;;;;;;;/q20*-1;;;;;;;;;;;;;;;;7*+2;+3. The largest absolute Gasteiger partial charge is 3.00 e. The van der Waals surface area contributed by atoms with Gasteiger partial charge in [0.1, 0.15) is 0 Å². The van der Waals surface area contributed by atoms with E-state index in [0.29, 0.717) is 0 Å². The van der Waals surface area contributed by atoms with E-state index in [0.717, 1.165) is 0 Å². The van der Waals surface area contributed by atoms with Crippen molar-refractivity contribution in [1.29, 1.82) is 0 Å². The monoisotopic (exact) mass is 1040 g/mol. The first kappa shape index (κ1) is 2260. The predicted molar refractivity (Wildman–Crippen MR) is 172 cm³/mol. The van der Waals surface area contributed by atoms with Crippen molar-refractivity contribution in [3.05, 3.63) is 149 Å².